The number of hydrogen-bond acceptors (Lipinski definition) is 6. The second kappa shape index (κ2) is 14.0. The standard InChI is InChI=1S/C27H30N4O5S/c1-21-9-15-25(16-10-21)37(33,34)30-26(27(32)36-20-23-7-3-2-4-8-23)19-22-11-13-24(14-12-22)35-18-6-5-17-29-31-28/h2-4,7-16,26,30H,5-6,17-20H2,1H3/t26-/m0/s1. The first kappa shape index (κ1) is 27.7. The molecule has 3 rings (SSSR count). The number of aryl methyl sites for hydroxylation is 1. The molecule has 0 amide bonds. The molecule has 0 aliphatic carbocycles. The molecule has 3 aromatic carbocycles. The summed E-state index contributed by atoms with van der Waals surface area (Å²) >= 11 is 0. The first-order valence-electron chi connectivity index (χ1n) is 11.9. The number of carbonyl (C=O) groups is 1. The highest BCUT2D eigenvalue weighted by Gasteiger charge is 2.27. The van der Waals surface area contributed by atoms with Crippen LogP contribution in [-0.2, 0) is 32.6 Å². The van der Waals surface area contributed by atoms with E-state index >= 15 is 0 Å². The third-order valence-corrected chi connectivity index (χ3v) is 6.97. The fourth-order valence-electron chi connectivity index (χ4n) is 3.45. The zero-order valence-electron chi connectivity index (χ0n) is 20.6. The minimum Gasteiger partial charge on any atom is -0.494 e. The number of carbonyl (C=O) groups excluding carboxylic acids is 1. The minimum absolute atomic E-state index is 0.0366. The van der Waals surface area contributed by atoms with E-state index in [1.807, 2.05) is 37.3 Å². The Kier molecular flexibility index (Phi) is 10.5. The molecule has 0 unspecified atom stereocenters. The second-order valence-electron chi connectivity index (χ2n) is 8.44. The summed E-state index contributed by atoms with van der Waals surface area (Å²) in [5.74, 6) is -0.0177. The van der Waals surface area contributed by atoms with Crippen LogP contribution in [-0.4, -0.2) is 33.6 Å². The van der Waals surface area contributed by atoms with Crippen molar-refractivity contribution >= 4 is 16.0 Å². The molecule has 0 aliphatic heterocycles. The molecule has 194 valence electrons. The van der Waals surface area contributed by atoms with Crippen molar-refractivity contribution in [2.45, 2.75) is 43.7 Å². The molecule has 10 heteroatoms. The Hall–Kier alpha value is -3.85. The van der Waals surface area contributed by atoms with Gasteiger partial charge in [-0.1, -0.05) is 65.3 Å². The van der Waals surface area contributed by atoms with Crippen LogP contribution in [0.2, 0.25) is 0 Å². The van der Waals surface area contributed by atoms with Gasteiger partial charge in [0.2, 0.25) is 10.0 Å². The van der Waals surface area contributed by atoms with E-state index < -0.39 is 22.0 Å². The smallest absolute Gasteiger partial charge is 0.324 e. The average molecular weight is 523 g/mol. The fraction of sp³-hybridized carbons (Fsp3) is 0.296. The summed E-state index contributed by atoms with van der Waals surface area (Å²) in [5, 5.41) is 3.49. The van der Waals surface area contributed by atoms with Crippen LogP contribution in [0.15, 0.2) is 88.9 Å². The Morgan fingerprint density at radius 3 is 2.35 bits per heavy atom. The summed E-state index contributed by atoms with van der Waals surface area (Å²) in [5.41, 5.74) is 10.8. The van der Waals surface area contributed by atoms with Gasteiger partial charge < -0.3 is 9.47 Å². The number of benzene rings is 3. The molecule has 0 saturated carbocycles. The summed E-state index contributed by atoms with van der Waals surface area (Å²) in [4.78, 5) is 15.8. The van der Waals surface area contributed by atoms with Crippen molar-refractivity contribution in [2.24, 2.45) is 5.11 Å². The normalized spacial score (nSPS) is 11.8. The van der Waals surface area contributed by atoms with Crippen molar-refractivity contribution in [1.82, 2.24) is 4.72 Å². The van der Waals surface area contributed by atoms with Gasteiger partial charge in [-0.3, -0.25) is 4.79 Å². The number of nitrogens with zero attached hydrogens (tertiary/aromatic N) is 3. The molecule has 1 atom stereocenters. The number of hydrogen-bond donors (Lipinski definition) is 1. The van der Waals surface area contributed by atoms with Crippen LogP contribution in [0.5, 0.6) is 5.75 Å². The second-order valence-corrected chi connectivity index (χ2v) is 10.2. The van der Waals surface area contributed by atoms with Crippen molar-refractivity contribution < 1.29 is 22.7 Å². The van der Waals surface area contributed by atoms with Gasteiger partial charge in [-0.2, -0.15) is 4.72 Å². The average Bonchev–Trinajstić information content (AvgIpc) is 2.90. The van der Waals surface area contributed by atoms with E-state index in [0.717, 1.165) is 29.5 Å². The van der Waals surface area contributed by atoms with Crippen LogP contribution in [0.3, 0.4) is 0 Å². The molecule has 0 radical (unpaired) electrons. The molecule has 0 fully saturated rings. The summed E-state index contributed by atoms with van der Waals surface area (Å²) < 4.78 is 39.7. The first-order chi connectivity index (χ1) is 17.9. The van der Waals surface area contributed by atoms with Crippen LogP contribution in [0, 0.1) is 6.92 Å². The van der Waals surface area contributed by atoms with Gasteiger partial charge in [0.05, 0.1) is 11.5 Å². The first-order valence-corrected chi connectivity index (χ1v) is 13.4. The minimum atomic E-state index is -3.96. The maximum absolute atomic E-state index is 13.0. The zero-order valence-corrected chi connectivity index (χ0v) is 21.4. The topological polar surface area (TPSA) is 130 Å². The molecule has 0 spiro atoms. The molecule has 37 heavy (non-hydrogen) atoms. The van der Waals surface area contributed by atoms with Crippen LogP contribution < -0.4 is 9.46 Å². The molecule has 1 N–H and O–H groups in total. The number of unbranched alkanes of at least 4 members (excludes halogenated alkanes) is 1. The van der Waals surface area contributed by atoms with Crippen LogP contribution in [0.4, 0.5) is 0 Å². The predicted octanol–water partition coefficient (Wildman–Crippen LogP) is 5.10. The van der Waals surface area contributed by atoms with Crippen LogP contribution in [0.1, 0.15) is 29.5 Å². The van der Waals surface area contributed by atoms with E-state index in [4.69, 9.17) is 15.0 Å². The van der Waals surface area contributed by atoms with Crippen molar-refractivity contribution in [3.63, 3.8) is 0 Å². The third kappa shape index (κ3) is 9.27. The fourth-order valence-corrected chi connectivity index (χ4v) is 4.64. The lowest BCUT2D eigenvalue weighted by atomic mass is 10.1. The van der Waals surface area contributed by atoms with Gasteiger partial charge in [-0.05, 0) is 67.1 Å². The summed E-state index contributed by atoms with van der Waals surface area (Å²) in [6, 6.07) is 21.6. The molecule has 0 aromatic heterocycles. The zero-order chi connectivity index (χ0) is 26.5. The summed E-state index contributed by atoms with van der Waals surface area (Å²) in [6.45, 7) is 2.81. The molecule has 0 heterocycles. The molecule has 0 aliphatic rings. The van der Waals surface area contributed by atoms with E-state index in [9.17, 15) is 13.2 Å². The number of ether oxygens (including phenoxy) is 2. The van der Waals surface area contributed by atoms with Crippen molar-refractivity contribution in [1.29, 1.82) is 0 Å². The van der Waals surface area contributed by atoms with E-state index in [2.05, 4.69) is 14.7 Å². The Morgan fingerprint density at radius 1 is 0.973 bits per heavy atom. The van der Waals surface area contributed by atoms with Gasteiger partial charge in [0.25, 0.3) is 0 Å². The van der Waals surface area contributed by atoms with E-state index in [0.29, 0.717) is 18.9 Å². The summed E-state index contributed by atoms with van der Waals surface area (Å²) in [6.07, 6.45) is 1.58. The quantitative estimate of drug-likeness (QED) is 0.103. The van der Waals surface area contributed by atoms with Gasteiger partial charge in [-0.15, -0.1) is 0 Å². The lowest BCUT2D eigenvalue weighted by Crippen LogP contribution is -2.43. The predicted molar refractivity (Wildman–Crippen MR) is 140 cm³/mol. The summed E-state index contributed by atoms with van der Waals surface area (Å²) in [7, 11) is -3.96. The van der Waals surface area contributed by atoms with Crippen molar-refractivity contribution in [3.05, 3.63) is 106 Å². The number of rotatable bonds is 14. The number of azide groups is 1. The number of esters is 1. The molecular formula is C27H30N4O5S. The van der Waals surface area contributed by atoms with Gasteiger partial charge in [0.15, 0.2) is 0 Å². The Labute approximate surface area is 217 Å². The van der Waals surface area contributed by atoms with Gasteiger partial charge in [0.1, 0.15) is 18.4 Å². The SMILES string of the molecule is Cc1ccc(S(=O)(=O)N[C@@H](Cc2ccc(OCCCCN=[N+]=[N-])cc2)C(=O)OCc2ccccc2)cc1. The largest absolute Gasteiger partial charge is 0.494 e. The lowest BCUT2D eigenvalue weighted by Gasteiger charge is -2.18. The van der Waals surface area contributed by atoms with E-state index in [1.165, 1.54) is 12.1 Å². The van der Waals surface area contributed by atoms with E-state index in [-0.39, 0.29) is 17.9 Å². The van der Waals surface area contributed by atoms with Crippen LogP contribution >= 0.6 is 0 Å². The number of sulfonamides is 1. The Balaban J connectivity index is 1.68. The molecule has 9 nitrogen and oxygen atoms in total. The molecule has 0 bridgehead atoms. The van der Waals surface area contributed by atoms with Gasteiger partial charge in [0, 0.05) is 11.5 Å². The Morgan fingerprint density at radius 2 is 1.68 bits per heavy atom. The molecular weight excluding hydrogens is 492 g/mol. The van der Waals surface area contributed by atoms with Gasteiger partial charge >= 0.3 is 5.97 Å². The lowest BCUT2D eigenvalue weighted by molar-refractivity contribution is -0.147. The van der Waals surface area contributed by atoms with Gasteiger partial charge in [-0.25, -0.2) is 8.42 Å². The monoisotopic (exact) mass is 522 g/mol. The highest BCUT2D eigenvalue weighted by molar-refractivity contribution is 7.89. The highest BCUT2D eigenvalue weighted by atomic mass is 32.2. The maximum Gasteiger partial charge on any atom is 0.324 e. The Bertz CT molecular complexity index is 1290. The third-order valence-electron chi connectivity index (χ3n) is 5.48. The van der Waals surface area contributed by atoms with E-state index in [1.54, 1.807) is 36.4 Å². The highest BCUT2D eigenvalue weighted by Crippen LogP contribution is 2.17. The maximum atomic E-state index is 13.0. The van der Waals surface area contributed by atoms with Crippen molar-refractivity contribution in [2.75, 3.05) is 13.2 Å². The van der Waals surface area contributed by atoms with Crippen LogP contribution in [0.25, 0.3) is 10.4 Å². The molecule has 3 aromatic rings. The molecule has 0 saturated heterocycles. The number of nitrogens with one attached hydrogen (secondary N) is 1. The van der Waals surface area contributed by atoms with Crippen molar-refractivity contribution in [3.8, 4) is 5.75 Å².